The Morgan fingerprint density at radius 2 is 1.68 bits per heavy atom. The molecule has 0 spiro atoms. The predicted molar refractivity (Wildman–Crippen MR) is 99.4 cm³/mol. The fraction of sp³-hybridized carbons (Fsp3) is 0.333. The van der Waals surface area contributed by atoms with E-state index in [9.17, 15) is 9.59 Å². The van der Waals surface area contributed by atoms with Gasteiger partial charge in [0.2, 0.25) is 0 Å². The summed E-state index contributed by atoms with van der Waals surface area (Å²) in [5, 5.41) is 2.83. The third kappa shape index (κ3) is 6.79. The van der Waals surface area contributed by atoms with Crippen molar-refractivity contribution in [3.63, 3.8) is 0 Å². The number of hydrogen-bond donors (Lipinski definition) is 1. The summed E-state index contributed by atoms with van der Waals surface area (Å²) >= 11 is 0. The highest BCUT2D eigenvalue weighted by molar-refractivity contribution is 5.93. The minimum atomic E-state index is -0.332. The standard InChI is InChI=1S/C21H25NO3/c1-16(2)12-13-21(24)25-15-20(23)22-19-11-7-6-10-18(19)14-17-8-4-3-5-9-17/h3-11,16H,12-15H2,1-2H3,(H,22,23). The Balaban J connectivity index is 1.89. The van der Waals surface area contributed by atoms with Crippen LogP contribution in [0.2, 0.25) is 0 Å². The zero-order chi connectivity index (χ0) is 18.1. The maximum absolute atomic E-state index is 12.1. The number of benzene rings is 2. The molecule has 0 unspecified atom stereocenters. The summed E-state index contributed by atoms with van der Waals surface area (Å²) in [6, 6.07) is 17.7. The van der Waals surface area contributed by atoms with Gasteiger partial charge in [-0.05, 0) is 36.0 Å². The fourth-order valence-electron chi connectivity index (χ4n) is 2.42. The van der Waals surface area contributed by atoms with Gasteiger partial charge < -0.3 is 10.1 Å². The number of anilines is 1. The molecule has 0 saturated carbocycles. The van der Waals surface area contributed by atoms with Crippen LogP contribution in [0.1, 0.15) is 37.8 Å². The van der Waals surface area contributed by atoms with Crippen molar-refractivity contribution in [3.05, 3.63) is 65.7 Å². The molecule has 0 fully saturated rings. The van der Waals surface area contributed by atoms with Crippen molar-refractivity contribution in [1.82, 2.24) is 0 Å². The topological polar surface area (TPSA) is 55.4 Å². The van der Waals surface area contributed by atoms with Crippen LogP contribution in [0.25, 0.3) is 0 Å². The second-order valence-electron chi connectivity index (χ2n) is 6.46. The number of rotatable bonds is 8. The molecule has 2 aromatic rings. The average Bonchev–Trinajstić information content (AvgIpc) is 2.61. The molecule has 1 N–H and O–H groups in total. The molecule has 0 bridgehead atoms. The van der Waals surface area contributed by atoms with E-state index in [-0.39, 0.29) is 18.5 Å². The molecule has 2 rings (SSSR count). The van der Waals surface area contributed by atoms with Crippen LogP contribution < -0.4 is 5.32 Å². The number of nitrogens with one attached hydrogen (secondary N) is 1. The van der Waals surface area contributed by atoms with Crippen molar-refractivity contribution in [3.8, 4) is 0 Å². The van der Waals surface area contributed by atoms with Gasteiger partial charge >= 0.3 is 5.97 Å². The SMILES string of the molecule is CC(C)CCC(=O)OCC(=O)Nc1ccccc1Cc1ccccc1. The Bertz CT molecular complexity index is 695. The molecule has 132 valence electrons. The third-order valence-corrected chi connectivity index (χ3v) is 3.82. The van der Waals surface area contributed by atoms with E-state index < -0.39 is 0 Å². The lowest BCUT2D eigenvalue weighted by Gasteiger charge is -2.12. The molecule has 25 heavy (non-hydrogen) atoms. The molecule has 2 aromatic carbocycles. The van der Waals surface area contributed by atoms with Gasteiger partial charge in [0.1, 0.15) is 0 Å². The maximum atomic E-state index is 12.1. The van der Waals surface area contributed by atoms with Gasteiger partial charge in [-0.2, -0.15) is 0 Å². The molecule has 0 atom stereocenters. The smallest absolute Gasteiger partial charge is 0.306 e. The number of carbonyl (C=O) groups is 2. The van der Waals surface area contributed by atoms with Crippen molar-refractivity contribution in [2.45, 2.75) is 33.1 Å². The molecule has 0 aliphatic rings. The quantitative estimate of drug-likeness (QED) is 0.734. The summed E-state index contributed by atoms with van der Waals surface area (Å²) in [6.07, 6.45) is 1.83. The highest BCUT2D eigenvalue weighted by atomic mass is 16.5. The lowest BCUT2D eigenvalue weighted by Crippen LogP contribution is -2.21. The largest absolute Gasteiger partial charge is 0.456 e. The number of para-hydroxylation sites is 1. The molecule has 0 aliphatic heterocycles. The first-order valence-corrected chi connectivity index (χ1v) is 8.62. The summed E-state index contributed by atoms with van der Waals surface area (Å²) in [5.74, 6) is -0.217. The van der Waals surface area contributed by atoms with Crippen LogP contribution in [0.5, 0.6) is 0 Å². The number of carbonyl (C=O) groups excluding carboxylic acids is 2. The van der Waals surface area contributed by atoms with Crippen molar-refractivity contribution < 1.29 is 14.3 Å². The monoisotopic (exact) mass is 339 g/mol. The van der Waals surface area contributed by atoms with Gasteiger partial charge in [-0.1, -0.05) is 62.4 Å². The van der Waals surface area contributed by atoms with E-state index in [0.29, 0.717) is 12.3 Å². The Morgan fingerprint density at radius 3 is 2.40 bits per heavy atom. The molecule has 4 nitrogen and oxygen atoms in total. The minimum absolute atomic E-state index is 0.253. The molecule has 0 aromatic heterocycles. The summed E-state index contributed by atoms with van der Waals surface area (Å²) in [7, 11) is 0. The van der Waals surface area contributed by atoms with Gasteiger partial charge in [0, 0.05) is 12.1 Å². The second kappa shape index (κ2) is 9.62. The zero-order valence-electron chi connectivity index (χ0n) is 14.8. The van der Waals surface area contributed by atoms with Crippen LogP contribution in [0, 0.1) is 5.92 Å². The van der Waals surface area contributed by atoms with E-state index >= 15 is 0 Å². The van der Waals surface area contributed by atoms with Gasteiger partial charge in [0.25, 0.3) is 5.91 Å². The third-order valence-electron chi connectivity index (χ3n) is 3.82. The van der Waals surface area contributed by atoms with Crippen molar-refractivity contribution in [2.75, 3.05) is 11.9 Å². The summed E-state index contributed by atoms with van der Waals surface area (Å²) in [5.41, 5.74) is 2.94. The van der Waals surface area contributed by atoms with Crippen molar-refractivity contribution >= 4 is 17.6 Å². The van der Waals surface area contributed by atoms with Gasteiger partial charge in [-0.3, -0.25) is 9.59 Å². The number of esters is 1. The summed E-state index contributed by atoms with van der Waals surface area (Å²) in [6.45, 7) is 3.84. The molecule has 0 aliphatic carbocycles. The molecule has 4 heteroatoms. The number of hydrogen-bond acceptors (Lipinski definition) is 3. The average molecular weight is 339 g/mol. The first kappa shape index (κ1) is 18.7. The maximum Gasteiger partial charge on any atom is 0.306 e. The Morgan fingerprint density at radius 1 is 1.00 bits per heavy atom. The van der Waals surface area contributed by atoms with Crippen LogP contribution in [-0.4, -0.2) is 18.5 Å². The number of amides is 1. The van der Waals surface area contributed by atoms with Crippen molar-refractivity contribution in [2.24, 2.45) is 5.92 Å². The van der Waals surface area contributed by atoms with E-state index in [4.69, 9.17) is 4.74 Å². The minimum Gasteiger partial charge on any atom is -0.456 e. The van der Waals surface area contributed by atoms with Crippen LogP contribution >= 0.6 is 0 Å². The van der Waals surface area contributed by atoms with Crippen LogP contribution in [-0.2, 0) is 20.7 Å². The van der Waals surface area contributed by atoms with Crippen LogP contribution in [0.15, 0.2) is 54.6 Å². The molecule has 0 radical (unpaired) electrons. The van der Waals surface area contributed by atoms with E-state index in [1.807, 2.05) is 56.3 Å². The van der Waals surface area contributed by atoms with E-state index in [2.05, 4.69) is 17.4 Å². The fourth-order valence-corrected chi connectivity index (χ4v) is 2.42. The van der Waals surface area contributed by atoms with Crippen LogP contribution in [0.4, 0.5) is 5.69 Å². The van der Waals surface area contributed by atoms with E-state index in [1.165, 1.54) is 5.56 Å². The zero-order valence-corrected chi connectivity index (χ0v) is 14.8. The molecular weight excluding hydrogens is 314 g/mol. The molecule has 1 amide bonds. The summed E-state index contributed by atoms with van der Waals surface area (Å²) in [4.78, 5) is 23.7. The molecule has 0 heterocycles. The highest BCUT2D eigenvalue weighted by Crippen LogP contribution is 2.19. The normalized spacial score (nSPS) is 10.5. The van der Waals surface area contributed by atoms with E-state index in [0.717, 1.165) is 24.1 Å². The van der Waals surface area contributed by atoms with E-state index in [1.54, 1.807) is 0 Å². The molecular formula is C21H25NO3. The van der Waals surface area contributed by atoms with Crippen LogP contribution in [0.3, 0.4) is 0 Å². The number of ether oxygens (including phenoxy) is 1. The Kier molecular flexibility index (Phi) is 7.20. The lowest BCUT2D eigenvalue weighted by atomic mass is 10.0. The van der Waals surface area contributed by atoms with Gasteiger partial charge in [0.05, 0.1) is 0 Å². The van der Waals surface area contributed by atoms with Crippen molar-refractivity contribution in [1.29, 1.82) is 0 Å². The Labute approximate surface area is 149 Å². The molecule has 0 saturated heterocycles. The first-order valence-electron chi connectivity index (χ1n) is 8.62. The second-order valence-corrected chi connectivity index (χ2v) is 6.46. The van der Waals surface area contributed by atoms with Gasteiger partial charge in [0.15, 0.2) is 6.61 Å². The lowest BCUT2D eigenvalue weighted by molar-refractivity contribution is -0.147. The predicted octanol–water partition coefficient (Wildman–Crippen LogP) is 4.20. The summed E-state index contributed by atoms with van der Waals surface area (Å²) < 4.78 is 5.03. The Hall–Kier alpha value is -2.62. The highest BCUT2D eigenvalue weighted by Gasteiger charge is 2.11. The van der Waals surface area contributed by atoms with Gasteiger partial charge in [-0.15, -0.1) is 0 Å². The first-order chi connectivity index (χ1) is 12.0. The van der Waals surface area contributed by atoms with Gasteiger partial charge in [-0.25, -0.2) is 0 Å².